The number of thiazole rings is 1. The van der Waals surface area contributed by atoms with Gasteiger partial charge in [-0.05, 0) is 36.4 Å². The topological polar surface area (TPSA) is 119 Å². The van der Waals surface area contributed by atoms with Crippen LogP contribution < -0.4 is 11.1 Å². The number of amides is 2. The van der Waals surface area contributed by atoms with Crippen LogP contribution in [0.15, 0.2) is 54.2 Å². The fourth-order valence-electron chi connectivity index (χ4n) is 2.70. The molecule has 1 aromatic carbocycles. The van der Waals surface area contributed by atoms with Crippen LogP contribution in [0.1, 0.15) is 26.5 Å². The molecule has 0 unspecified atom stereocenters. The number of carbonyl (C=O) groups excluding carboxylic acids is 2. The summed E-state index contributed by atoms with van der Waals surface area (Å²) in [7, 11) is 0. The molecular weight excluding hydrogens is 433 g/mol. The molecule has 0 atom stereocenters. The van der Waals surface area contributed by atoms with Crippen LogP contribution in [0.3, 0.4) is 0 Å². The fourth-order valence-corrected chi connectivity index (χ4v) is 3.42. The van der Waals surface area contributed by atoms with Crippen molar-refractivity contribution in [1.29, 1.82) is 0 Å². The van der Waals surface area contributed by atoms with Crippen LogP contribution in [0.5, 0.6) is 0 Å². The number of primary amides is 1. The summed E-state index contributed by atoms with van der Waals surface area (Å²) in [5.41, 5.74) is 6.32. The summed E-state index contributed by atoms with van der Waals surface area (Å²) in [5, 5.41) is 8.20. The van der Waals surface area contributed by atoms with Crippen molar-refractivity contribution in [3.63, 3.8) is 0 Å². The summed E-state index contributed by atoms with van der Waals surface area (Å²) in [5.74, 6) is -1.03. The number of aromatic amines is 1. The number of alkyl halides is 3. The van der Waals surface area contributed by atoms with Crippen LogP contribution in [-0.4, -0.2) is 31.6 Å². The Balaban J connectivity index is 1.45. The van der Waals surface area contributed by atoms with Crippen molar-refractivity contribution in [2.45, 2.75) is 6.18 Å². The van der Waals surface area contributed by atoms with E-state index in [0.29, 0.717) is 27.6 Å². The first-order chi connectivity index (χ1) is 14.7. The van der Waals surface area contributed by atoms with Gasteiger partial charge in [0.15, 0.2) is 10.8 Å². The van der Waals surface area contributed by atoms with E-state index in [0.717, 1.165) is 10.7 Å². The molecule has 0 aliphatic heterocycles. The Morgan fingerprint density at radius 3 is 2.52 bits per heavy atom. The molecule has 0 aliphatic rings. The molecule has 0 fully saturated rings. The lowest BCUT2D eigenvalue weighted by Gasteiger charge is -2.05. The Hall–Kier alpha value is -3.93. The number of hydrogen-bond donors (Lipinski definition) is 3. The highest BCUT2D eigenvalue weighted by Crippen LogP contribution is 2.28. The fraction of sp³-hybridized carbons (Fsp3) is 0.0526. The molecule has 31 heavy (non-hydrogen) atoms. The first-order valence-electron chi connectivity index (χ1n) is 8.69. The Morgan fingerprint density at radius 1 is 1.16 bits per heavy atom. The largest absolute Gasteiger partial charge is 0.435 e. The quantitative estimate of drug-likeness (QED) is 0.433. The summed E-state index contributed by atoms with van der Waals surface area (Å²) >= 11 is 1.20. The predicted octanol–water partition coefficient (Wildman–Crippen LogP) is 3.69. The summed E-state index contributed by atoms with van der Waals surface area (Å²) in [6.45, 7) is 0. The Bertz CT molecular complexity index is 1260. The van der Waals surface area contributed by atoms with E-state index in [-0.39, 0.29) is 5.69 Å². The van der Waals surface area contributed by atoms with Gasteiger partial charge in [-0.15, -0.1) is 11.3 Å². The summed E-state index contributed by atoms with van der Waals surface area (Å²) in [6.07, 6.45) is -1.75. The van der Waals surface area contributed by atoms with E-state index in [1.807, 2.05) is 0 Å². The number of halogens is 3. The van der Waals surface area contributed by atoms with Crippen molar-refractivity contribution in [2.75, 3.05) is 5.32 Å². The second kappa shape index (κ2) is 7.72. The van der Waals surface area contributed by atoms with Crippen LogP contribution in [0.4, 0.5) is 18.3 Å². The zero-order chi connectivity index (χ0) is 22.2. The van der Waals surface area contributed by atoms with E-state index >= 15 is 0 Å². The normalized spacial score (nSPS) is 11.5. The number of nitrogens with one attached hydrogen (secondary N) is 2. The number of aromatic nitrogens is 4. The molecule has 3 aromatic heterocycles. The van der Waals surface area contributed by atoms with E-state index in [9.17, 15) is 22.8 Å². The van der Waals surface area contributed by atoms with Crippen LogP contribution in [0.25, 0.3) is 16.9 Å². The third-order valence-corrected chi connectivity index (χ3v) is 5.00. The molecule has 2 amide bonds. The number of anilines is 1. The molecule has 8 nitrogen and oxygen atoms in total. The molecule has 0 bridgehead atoms. The highest BCUT2D eigenvalue weighted by Gasteiger charge is 2.33. The standard InChI is InChI=1S/C19H13F3N6O2S/c20-19(21,22)15-5-6-28(27-15)12-3-1-10(2-4-12)17(30)26-18-25-14(9-31-18)11-7-13(16(23)29)24-8-11/h1-9,24H,(H2,23,29)(H,25,26,30). The van der Waals surface area contributed by atoms with Gasteiger partial charge in [-0.3, -0.25) is 14.9 Å². The molecule has 3 heterocycles. The van der Waals surface area contributed by atoms with Gasteiger partial charge >= 0.3 is 6.18 Å². The maximum absolute atomic E-state index is 12.7. The monoisotopic (exact) mass is 446 g/mol. The average molecular weight is 446 g/mol. The van der Waals surface area contributed by atoms with Crippen molar-refractivity contribution < 1.29 is 22.8 Å². The van der Waals surface area contributed by atoms with Crippen molar-refractivity contribution >= 4 is 28.3 Å². The molecule has 158 valence electrons. The highest BCUT2D eigenvalue weighted by molar-refractivity contribution is 7.14. The molecule has 12 heteroatoms. The average Bonchev–Trinajstić information content (AvgIpc) is 3.47. The second-order valence-corrected chi connectivity index (χ2v) is 7.21. The molecule has 4 N–H and O–H groups in total. The van der Waals surface area contributed by atoms with Gasteiger partial charge in [0.2, 0.25) is 0 Å². The van der Waals surface area contributed by atoms with E-state index in [2.05, 4.69) is 20.4 Å². The highest BCUT2D eigenvalue weighted by atomic mass is 32.1. The molecule has 0 spiro atoms. The Labute approximate surface area is 176 Å². The minimum absolute atomic E-state index is 0.244. The smallest absolute Gasteiger partial charge is 0.364 e. The second-order valence-electron chi connectivity index (χ2n) is 6.35. The van der Waals surface area contributed by atoms with Crippen LogP contribution in [0, 0.1) is 0 Å². The zero-order valence-corrected chi connectivity index (χ0v) is 16.3. The molecule has 0 saturated heterocycles. The lowest BCUT2D eigenvalue weighted by molar-refractivity contribution is -0.141. The van der Waals surface area contributed by atoms with E-state index < -0.39 is 23.7 Å². The minimum atomic E-state index is -4.53. The van der Waals surface area contributed by atoms with Crippen molar-refractivity contribution in [2.24, 2.45) is 5.73 Å². The van der Waals surface area contributed by atoms with Crippen LogP contribution in [-0.2, 0) is 6.18 Å². The van der Waals surface area contributed by atoms with E-state index in [4.69, 9.17) is 5.73 Å². The van der Waals surface area contributed by atoms with Gasteiger partial charge < -0.3 is 10.7 Å². The van der Waals surface area contributed by atoms with Crippen molar-refractivity contribution in [3.8, 4) is 16.9 Å². The third kappa shape index (κ3) is 4.33. The maximum Gasteiger partial charge on any atom is 0.435 e. The van der Waals surface area contributed by atoms with E-state index in [1.165, 1.54) is 41.8 Å². The predicted molar refractivity (Wildman–Crippen MR) is 107 cm³/mol. The van der Waals surface area contributed by atoms with Gasteiger partial charge in [-0.25, -0.2) is 9.67 Å². The lowest BCUT2D eigenvalue weighted by Crippen LogP contribution is -2.12. The van der Waals surface area contributed by atoms with Crippen LogP contribution >= 0.6 is 11.3 Å². The lowest BCUT2D eigenvalue weighted by atomic mass is 10.2. The SMILES string of the molecule is NC(=O)c1cc(-c2csc(NC(=O)c3ccc(-n4ccc(C(F)(F)F)n4)cc3)n2)c[nH]1. The number of rotatable bonds is 5. The Morgan fingerprint density at radius 2 is 1.90 bits per heavy atom. The number of nitrogens with two attached hydrogens (primary N) is 1. The molecular formula is C19H13F3N6O2S. The van der Waals surface area contributed by atoms with Crippen LogP contribution in [0.2, 0.25) is 0 Å². The van der Waals surface area contributed by atoms with Gasteiger partial charge in [-0.1, -0.05) is 0 Å². The van der Waals surface area contributed by atoms with E-state index in [1.54, 1.807) is 17.6 Å². The first-order valence-corrected chi connectivity index (χ1v) is 9.57. The van der Waals surface area contributed by atoms with Gasteiger partial charge in [-0.2, -0.15) is 18.3 Å². The maximum atomic E-state index is 12.7. The van der Waals surface area contributed by atoms with Crippen molar-refractivity contribution in [3.05, 3.63) is 71.1 Å². The molecule has 0 aliphatic carbocycles. The number of hydrogen-bond acceptors (Lipinski definition) is 5. The number of carbonyl (C=O) groups is 2. The molecule has 0 saturated carbocycles. The summed E-state index contributed by atoms with van der Waals surface area (Å²) in [4.78, 5) is 30.7. The number of benzene rings is 1. The number of H-pyrrole nitrogens is 1. The van der Waals surface area contributed by atoms with Crippen molar-refractivity contribution in [1.82, 2.24) is 19.7 Å². The van der Waals surface area contributed by atoms with Gasteiger partial charge in [0, 0.05) is 28.9 Å². The zero-order valence-electron chi connectivity index (χ0n) is 15.5. The Kier molecular flexibility index (Phi) is 5.07. The first kappa shape index (κ1) is 20.3. The summed E-state index contributed by atoms with van der Waals surface area (Å²) < 4.78 is 39.1. The minimum Gasteiger partial charge on any atom is -0.364 e. The summed E-state index contributed by atoms with van der Waals surface area (Å²) in [6, 6.07) is 8.35. The van der Waals surface area contributed by atoms with Gasteiger partial charge in [0.25, 0.3) is 11.8 Å². The number of nitrogens with zero attached hydrogens (tertiary/aromatic N) is 3. The van der Waals surface area contributed by atoms with Gasteiger partial charge in [0.05, 0.1) is 11.4 Å². The van der Waals surface area contributed by atoms with Gasteiger partial charge in [0.1, 0.15) is 5.69 Å². The third-order valence-electron chi connectivity index (χ3n) is 4.24. The molecule has 4 rings (SSSR count). The molecule has 0 radical (unpaired) electrons. The molecule has 4 aromatic rings.